The van der Waals surface area contributed by atoms with Crippen molar-refractivity contribution in [2.45, 2.75) is 38.1 Å². The van der Waals surface area contributed by atoms with Crippen molar-refractivity contribution in [2.75, 3.05) is 18.9 Å². The van der Waals surface area contributed by atoms with Gasteiger partial charge < -0.3 is 15.8 Å². The summed E-state index contributed by atoms with van der Waals surface area (Å²) in [6, 6.07) is 6.19. The second-order valence-electron chi connectivity index (χ2n) is 5.80. The molecule has 0 radical (unpaired) electrons. The highest BCUT2D eigenvalue weighted by atomic mass is 16.5. The highest BCUT2D eigenvalue weighted by molar-refractivity contribution is 5.79. The van der Waals surface area contributed by atoms with Crippen LogP contribution in [0.1, 0.15) is 42.9 Å². The van der Waals surface area contributed by atoms with E-state index in [4.69, 9.17) is 10.5 Å². The summed E-state index contributed by atoms with van der Waals surface area (Å²) >= 11 is 0. The van der Waals surface area contributed by atoms with Gasteiger partial charge in [0.15, 0.2) is 0 Å². The number of amides is 1. The first-order valence-electron chi connectivity index (χ1n) is 7.50. The summed E-state index contributed by atoms with van der Waals surface area (Å²) in [5.41, 5.74) is 9.18. The van der Waals surface area contributed by atoms with Crippen molar-refractivity contribution in [3.8, 4) is 0 Å². The Morgan fingerprint density at radius 3 is 2.85 bits per heavy atom. The van der Waals surface area contributed by atoms with Crippen LogP contribution in [0.3, 0.4) is 0 Å². The SMILES string of the molecule is Nc1ccc2c(c1)CCCC2NC(=O)C1CCOCC1. The van der Waals surface area contributed by atoms with Crippen LogP contribution in [0.15, 0.2) is 18.2 Å². The molecule has 108 valence electrons. The fourth-order valence-electron chi connectivity index (χ4n) is 3.23. The number of benzene rings is 1. The van der Waals surface area contributed by atoms with Crippen LogP contribution in [-0.2, 0) is 16.0 Å². The van der Waals surface area contributed by atoms with Gasteiger partial charge in [0.2, 0.25) is 5.91 Å². The molecule has 0 saturated carbocycles. The van der Waals surface area contributed by atoms with Gasteiger partial charge in [-0.2, -0.15) is 0 Å². The predicted molar refractivity (Wildman–Crippen MR) is 78.2 cm³/mol. The van der Waals surface area contributed by atoms with Crippen LogP contribution in [0.2, 0.25) is 0 Å². The number of nitrogens with one attached hydrogen (secondary N) is 1. The molecule has 1 atom stereocenters. The standard InChI is InChI=1S/C16H22N2O2/c17-13-4-5-14-12(10-13)2-1-3-15(14)18-16(19)11-6-8-20-9-7-11/h4-5,10-11,15H,1-3,6-9,17H2,(H,18,19). The first kappa shape index (κ1) is 13.4. The largest absolute Gasteiger partial charge is 0.399 e. The van der Waals surface area contributed by atoms with E-state index in [9.17, 15) is 4.79 Å². The van der Waals surface area contributed by atoms with Crippen molar-refractivity contribution < 1.29 is 9.53 Å². The zero-order valence-electron chi connectivity index (χ0n) is 11.7. The minimum atomic E-state index is 0.114. The number of hydrogen-bond acceptors (Lipinski definition) is 3. The summed E-state index contributed by atoms with van der Waals surface area (Å²) in [6.45, 7) is 1.41. The van der Waals surface area contributed by atoms with Gasteiger partial charge in [-0.1, -0.05) is 6.07 Å². The van der Waals surface area contributed by atoms with Crippen molar-refractivity contribution in [1.82, 2.24) is 5.32 Å². The van der Waals surface area contributed by atoms with E-state index in [1.807, 2.05) is 12.1 Å². The molecular weight excluding hydrogens is 252 g/mol. The molecule has 1 aromatic rings. The van der Waals surface area contributed by atoms with Crippen molar-refractivity contribution in [2.24, 2.45) is 5.92 Å². The van der Waals surface area contributed by atoms with Crippen LogP contribution in [-0.4, -0.2) is 19.1 Å². The van der Waals surface area contributed by atoms with E-state index >= 15 is 0 Å². The molecule has 1 aromatic carbocycles. The fraction of sp³-hybridized carbons (Fsp3) is 0.562. The number of anilines is 1. The number of aryl methyl sites for hydroxylation is 1. The van der Waals surface area contributed by atoms with Gasteiger partial charge in [0.25, 0.3) is 0 Å². The van der Waals surface area contributed by atoms with Crippen molar-refractivity contribution in [1.29, 1.82) is 0 Å². The van der Waals surface area contributed by atoms with Gasteiger partial charge in [-0.05, 0) is 55.4 Å². The molecule has 4 nitrogen and oxygen atoms in total. The molecule has 1 aliphatic carbocycles. The first-order chi connectivity index (χ1) is 9.74. The maximum atomic E-state index is 12.4. The Kier molecular flexibility index (Phi) is 3.92. The number of carbonyl (C=O) groups excluding carboxylic acids is 1. The molecule has 0 bridgehead atoms. The number of ether oxygens (including phenoxy) is 1. The average molecular weight is 274 g/mol. The Morgan fingerprint density at radius 2 is 2.05 bits per heavy atom. The minimum Gasteiger partial charge on any atom is -0.399 e. The molecule has 1 unspecified atom stereocenters. The van der Waals surface area contributed by atoms with E-state index in [0.29, 0.717) is 13.2 Å². The topological polar surface area (TPSA) is 64.3 Å². The monoisotopic (exact) mass is 274 g/mol. The van der Waals surface area contributed by atoms with E-state index in [-0.39, 0.29) is 17.9 Å². The maximum absolute atomic E-state index is 12.4. The number of nitrogens with two attached hydrogens (primary N) is 1. The number of carbonyl (C=O) groups is 1. The van der Waals surface area contributed by atoms with Crippen LogP contribution in [0.4, 0.5) is 5.69 Å². The van der Waals surface area contributed by atoms with E-state index in [2.05, 4.69) is 11.4 Å². The Morgan fingerprint density at radius 1 is 1.25 bits per heavy atom. The molecule has 0 spiro atoms. The van der Waals surface area contributed by atoms with Gasteiger partial charge in [0.1, 0.15) is 0 Å². The molecule has 0 aromatic heterocycles. The number of rotatable bonds is 2. The van der Waals surface area contributed by atoms with Crippen LogP contribution in [0.5, 0.6) is 0 Å². The van der Waals surface area contributed by atoms with Crippen molar-refractivity contribution in [3.05, 3.63) is 29.3 Å². The third kappa shape index (κ3) is 2.80. The smallest absolute Gasteiger partial charge is 0.223 e. The maximum Gasteiger partial charge on any atom is 0.223 e. The summed E-state index contributed by atoms with van der Waals surface area (Å²) in [4.78, 5) is 12.4. The lowest BCUT2D eigenvalue weighted by Crippen LogP contribution is -2.37. The Bertz CT molecular complexity index is 495. The molecule has 2 aliphatic rings. The lowest BCUT2D eigenvalue weighted by atomic mass is 9.86. The van der Waals surface area contributed by atoms with Gasteiger partial charge in [-0.15, -0.1) is 0 Å². The molecule has 3 rings (SSSR count). The molecule has 3 N–H and O–H groups in total. The van der Waals surface area contributed by atoms with Gasteiger partial charge in [-0.25, -0.2) is 0 Å². The number of nitrogen functional groups attached to an aromatic ring is 1. The highest BCUT2D eigenvalue weighted by Gasteiger charge is 2.26. The summed E-state index contributed by atoms with van der Waals surface area (Å²) in [7, 11) is 0. The molecule has 4 heteroatoms. The summed E-state index contributed by atoms with van der Waals surface area (Å²) in [6.07, 6.45) is 4.87. The molecular formula is C16H22N2O2. The molecule has 1 heterocycles. The predicted octanol–water partition coefficient (Wildman–Crippen LogP) is 2.19. The molecule has 1 saturated heterocycles. The quantitative estimate of drug-likeness (QED) is 0.813. The van der Waals surface area contributed by atoms with E-state index in [1.165, 1.54) is 11.1 Å². The van der Waals surface area contributed by atoms with Crippen LogP contribution in [0, 0.1) is 5.92 Å². The van der Waals surface area contributed by atoms with Crippen LogP contribution < -0.4 is 11.1 Å². The van der Waals surface area contributed by atoms with Crippen LogP contribution in [0.25, 0.3) is 0 Å². The van der Waals surface area contributed by atoms with Gasteiger partial charge >= 0.3 is 0 Å². The Labute approximate surface area is 119 Å². The molecule has 20 heavy (non-hydrogen) atoms. The number of hydrogen-bond donors (Lipinski definition) is 2. The zero-order valence-corrected chi connectivity index (χ0v) is 11.7. The average Bonchev–Trinajstić information content (AvgIpc) is 2.48. The normalized spacial score (nSPS) is 23.1. The van der Waals surface area contributed by atoms with Gasteiger partial charge in [-0.3, -0.25) is 4.79 Å². The highest BCUT2D eigenvalue weighted by Crippen LogP contribution is 2.31. The first-order valence-corrected chi connectivity index (χ1v) is 7.50. The molecule has 1 amide bonds. The summed E-state index contributed by atoms with van der Waals surface area (Å²) in [5.74, 6) is 0.297. The lowest BCUT2D eigenvalue weighted by Gasteiger charge is -2.29. The van der Waals surface area contributed by atoms with E-state index in [0.717, 1.165) is 37.8 Å². The van der Waals surface area contributed by atoms with Crippen LogP contribution >= 0.6 is 0 Å². The van der Waals surface area contributed by atoms with Crippen molar-refractivity contribution in [3.63, 3.8) is 0 Å². The molecule has 1 aliphatic heterocycles. The third-order valence-electron chi connectivity index (χ3n) is 4.39. The van der Waals surface area contributed by atoms with Crippen molar-refractivity contribution >= 4 is 11.6 Å². The Balaban J connectivity index is 1.71. The van der Waals surface area contributed by atoms with E-state index < -0.39 is 0 Å². The van der Waals surface area contributed by atoms with Gasteiger partial charge in [0.05, 0.1) is 6.04 Å². The summed E-state index contributed by atoms with van der Waals surface area (Å²) < 4.78 is 5.32. The fourth-order valence-corrected chi connectivity index (χ4v) is 3.23. The molecule has 1 fully saturated rings. The second kappa shape index (κ2) is 5.83. The number of fused-ring (bicyclic) bond motifs is 1. The third-order valence-corrected chi connectivity index (χ3v) is 4.39. The lowest BCUT2D eigenvalue weighted by molar-refractivity contribution is -0.128. The summed E-state index contributed by atoms with van der Waals surface area (Å²) in [5, 5.41) is 3.23. The zero-order chi connectivity index (χ0) is 13.9. The van der Waals surface area contributed by atoms with Gasteiger partial charge in [0, 0.05) is 24.8 Å². The Hall–Kier alpha value is -1.55. The minimum absolute atomic E-state index is 0.114. The van der Waals surface area contributed by atoms with E-state index in [1.54, 1.807) is 0 Å². The second-order valence-corrected chi connectivity index (χ2v) is 5.80.